The lowest BCUT2D eigenvalue weighted by Crippen LogP contribution is -2.07. The number of hydrogen-bond donors (Lipinski definition) is 1. The zero-order valence-electron chi connectivity index (χ0n) is 15.4. The Bertz CT molecular complexity index is 1260. The summed E-state index contributed by atoms with van der Waals surface area (Å²) in [4.78, 5) is 8.49. The molecule has 0 aliphatic carbocycles. The van der Waals surface area contributed by atoms with Gasteiger partial charge in [0.1, 0.15) is 0 Å². The van der Waals surface area contributed by atoms with Gasteiger partial charge >= 0.3 is 0 Å². The van der Waals surface area contributed by atoms with Crippen LogP contribution in [0.15, 0.2) is 91.9 Å². The summed E-state index contributed by atoms with van der Waals surface area (Å²) in [6, 6.07) is 16.8. The maximum atomic E-state index is 13.3. The van der Waals surface area contributed by atoms with Gasteiger partial charge in [0.05, 0.1) is 4.90 Å². The van der Waals surface area contributed by atoms with Crippen molar-refractivity contribution in [3.8, 4) is 11.5 Å². The summed E-state index contributed by atoms with van der Waals surface area (Å²) in [7, 11) is -3.92. The topological polar surface area (TPSA) is 85.1 Å². The summed E-state index contributed by atoms with van der Waals surface area (Å²) < 4.78 is 33.1. The van der Waals surface area contributed by atoms with E-state index in [2.05, 4.69) is 31.2 Å². The van der Waals surface area contributed by atoms with E-state index in [1.165, 1.54) is 12.1 Å². The lowest BCUT2D eigenvalue weighted by atomic mass is 10.2. The van der Waals surface area contributed by atoms with Crippen LogP contribution in [0.4, 0.5) is 5.88 Å². The molecule has 0 aliphatic heterocycles. The second-order valence-electron chi connectivity index (χ2n) is 6.33. The van der Waals surface area contributed by atoms with Gasteiger partial charge in [0.25, 0.3) is 0 Å². The van der Waals surface area contributed by atoms with Crippen molar-refractivity contribution in [3.05, 3.63) is 88.1 Å². The van der Waals surface area contributed by atoms with E-state index in [9.17, 15) is 8.42 Å². The molecule has 0 atom stereocenters. The van der Waals surface area contributed by atoms with Gasteiger partial charge in [0, 0.05) is 34.0 Å². The van der Waals surface area contributed by atoms with Crippen LogP contribution in [-0.4, -0.2) is 18.4 Å². The Morgan fingerprint density at radius 2 is 1.77 bits per heavy atom. The number of aromatic nitrogens is 2. The predicted molar refractivity (Wildman–Crippen MR) is 118 cm³/mol. The third-order valence-electron chi connectivity index (χ3n) is 4.24. The molecular weight excluding hydrogens is 490 g/mol. The number of hydrogen-bond acceptors (Lipinski definition) is 6. The van der Waals surface area contributed by atoms with Gasteiger partial charge in [0.15, 0.2) is 0 Å². The second kappa shape index (κ2) is 8.59. The Kier molecular flexibility index (Phi) is 5.90. The average Bonchev–Trinajstić information content (AvgIpc) is 3.19. The second-order valence-corrected chi connectivity index (χ2v) is 9.55. The fraction of sp³-hybridized carbons (Fsp3) is 0.0476. The lowest BCUT2D eigenvalue weighted by Gasteiger charge is -2.06. The summed E-state index contributed by atoms with van der Waals surface area (Å²) in [5.74, 6) is 0.239. The number of anilines is 1. The number of halogens is 2. The van der Waals surface area contributed by atoms with Crippen molar-refractivity contribution < 1.29 is 12.8 Å². The molecule has 4 aromatic rings. The number of nitrogens with zero attached hydrogens (tertiary/aromatic N) is 2. The van der Waals surface area contributed by atoms with Crippen molar-refractivity contribution in [3.63, 3.8) is 0 Å². The van der Waals surface area contributed by atoms with Gasteiger partial charge in [-0.15, -0.1) is 0 Å². The number of benzene rings is 2. The molecule has 0 saturated carbocycles. The number of pyridine rings is 1. The minimum Gasteiger partial charge on any atom is -0.419 e. The van der Waals surface area contributed by atoms with Gasteiger partial charge < -0.3 is 9.73 Å². The van der Waals surface area contributed by atoms with Crippen molar-refractivity contribution in [1.29, 1.82) is 0 Å². The number of oxazole rings is 1. The van der Waals surface area contributed by atoms with Gasteiger partial charge in [-0.25, -0.2) is 8.42 Å². The van der Waals surface area contributed by atoms with Gasteiger partial charge in [-0.05, 0) is 60.2 Å². The van der Waals surface area contributed by atoms with Crippen LogP contribution < -0.4 is 5.32 Å². The van der Waals surface area contributed by atoms with Crippen LogP contribution in [0.5, 0.6) is 0 Å². The quantitative estimate of drug-likeness (QED) is 0.368. The van der Waals surface area contributed by atoms with Crippen LogP contribution >= 0.6 is 27.5 Å². The maximum Gasteiger partial charge on any atom is 0.234 e. The highest BCUT2D eigenvalue weighted by Gasteiger charge is 2.28. The Labute approximate surface area is 187 Å². The van der Waals surface area contributed by atoms with Gasteiger partial charge in [0.2, 0.25) is 26.6 Å². The molecule has 2 aromatic carbocycles. The van der Waals surface area contributed by atoms with E-state index in [0.717, 1.165) is 10.0 Å². The number of nitrogens with one attached hydrogen (secondary N) is 1. The first-order valence-corrected chi connectivity index (χ1v) is 11.5. The lowest BCUT2D eigenvalue weighted by molar-refractivity contribution is 0.576. The minimum atomic E-state index is -3.92. The first kappa shape index (κ1) is 20.6. The summed E-state index contributed by atoms with van der Waals surface area (Å²) in [6.45, 7) is 0.325. The van der Waals surface area contributed by atoms with E-state index in [0.29, 0.717) is 17.1 Å². The van der Waals surface area contributed by atoms with E-state index < -0.39 is 9.84 Å². The molecule has 0 spiro atoms. The standard InChI is InChI=1S/C21H15BrClN3O3S/c22-16-5-9-18(10-6-16)30(27,28)21-20(25-13-14-2-1-11-24-12-14)29-19(26-21)15-3-7-17(23)8-4-15/h1-12,25H,13H2. The van der Waals surface area contributed by atoms with Gasteiger partial charge in [-0.2, -0.15) is 4.98 Å². The Morgan fingerprint density at radius 1 is 1.03 bits per heavy atom. The van der Waals surface area contributed by atoms with Crippen LogP contribution in [0.2, 0.25) is 5.02 Å². The Balaban J connectivity index is 1.76. The highest BCUT2D eigenvalue weighted by atomic mass is 79.9. The van der Waals surface area contributed by atoms with Crippen molar-refractivity contribution >= 4 is 43.3 Å². The Hall–Kier alpha value is -2.68. The summed E-state index contributed by atoms with van der Waals surface area (Å²) >= 11 is 9.27. The largest absolute Gasteiger partial charge is 0.419 e. The van der Waals surface area contributed by atoms with Crippen molar-refractivity contribution in [2.75, 3.05) is 5.32 Å². The molecule has 0 bridgehead atoms. The summed E-state index contributed by atoms with van der Waals surface area (Å²) in [5, 5.41) is 3.41. The molecule has 6 nitrogen and oxygen atoms in total. The van der Waals surface area contributed by atoms with E-state index in [4.69, 9.17) is 16.0 Å². The smallest absolute Gasteiger partial charge is 0.234 e. The molecule has 2 heterocycles. The van der Waals surface area contributed by atoms with E-state index in [1.807, 2.05) is 6.07 Å². The molecule has 0 saturated heterocycles. The first-order valence-electron chi connectivity index (χ1n) is 8.84. The molecule has 0 fully saturated rings. The highest BCUT2D eigenvalue weighted by Crippen LogP contribution is 2.33. The molecule has 30 heavy (non-hydrogen) atoms. The molecule has 1 N–H and O–H groups in total. The van der Waals surface area contributed by atoms with Crippen LogP contribution in [0.25, 0.3) is 11.5 Å². The SMILES string of the molecule is O=S(=O)(c1ccc(Br)cc1)c1nc(-c2ccc(Cl)cc2)oc1NCc1cccnc1. The third kappa shape index (κ3) is 4.40. The summed E-state index contributed by atoms with van der Waals surface area (Å²) in [6.07, 6.45) is 3.35. The summed E-state index contributed by atoms with van der Waals surface area (Å²) in [5.41, 5.74) is 1.48. The molecule has 0 aliphatic rings. The number of rotatable bonds is 6. The van der Waals surface area contributed by atoms with Crippen LogP contribution in [0.3, 0.4) is 0 Å². The molecule has 4 rings (SSSR count). The first-order chi connectivity index (χ1) is 14.4. The van der Waals surface area contributed by atoms with Crippen LogP contribution in [-0.2, 0) is 16.4 Å². The van der Waals surface area contributed by atoms with Crippen LogP contribution in [0, 0.1) is 0 Å². The van der Waals surface area contributed by atoms with Gasteiger partial charge in [-0.1, -0.05) is 33.6 Å². The van der Waals surface area contributed by atoms with Crippen molar-refractivity contribution in [1.82, 2.24) is 9.97 Å². The molecular formula is C21H15BrClN3O3S. The number of sulfone groups is 1. The molecule has 152 valence electrons. The van der Waals surface area contributed by atoms with Crippen molar-refractivity contribution in [2.45, 2.75) is 16.5 Å². The maximum absolute atomic E-state index is 13.3. The Morgan fingerprint density at radius 3 is 2.43 bits per heavy atom. The average molecular weight is 505 g/mol. The fourth-order valence-corrected chi connectivity index (χ4v) is 4.40. The van der Waals surface area contributed by atoms with E-state index in [-0.39, 0.29) is 21.7 Å². The third-order valence-corrected chi connectivity index (χ3v) is 6.70. The molecule has 2 aromatic heterocycles. The molecule has 0 unspecified atom stereocenters. The molecule has 9 heteroatoms. The van der Waals surface area contributed by atoms with E-state index >= 15 is 0 Å². The normalized spacial score (nSPS) is 11.4. The van der Waals surface area contributed by atoms with Crippen molar-refractivity contribution in [2.24, 2.45) is 0 Å². The highest BCUT2D eigenvalue weighted by molar-refractivity contribution is 9.10. The van der Waals surface area contributed by atoms with Gasteiger partial charge in [-0.3, -0.25) is 4.98 Å². The molecule has 0 amide bonds. The minimum absolute atomic E-state index is 0.0618. The van der Waals surface area contributed by atoms with Crippen LogP contribution in [0.1, 0.15) is 5.56 Å². The zero-order valence-corrected chi connectivity index (χ0v) is 18.6. The van der Waals surface area contributed by atoms with E-state index in [1.54, 1.807) is 54.9 Å². The molecule has 0 radical (unpaired) electrons. The monoisotopic (exact) mass is 503 g/mol. The predicted octanol–water partition coefficient (Wildman–Crippen LogP) is 5.60. The fourth-order valence-electron chi connectivity index (χ4n) is 2.73. The zero-order chi connectivity index (χ0) is 21.1.